The van der Waals surface area contributed by atoms with Crippen LogP contribution in [-0.4, -0.2) is 27.9 Å². The molecule has 0 atom stereocenters. The van der Waals surface area contributed by atoms with E-state index in [9.17, 15) is 4.79 Å². The summed E-state index contributed by atoms with van der Waals surface area (Å²) in [6, 6.07) is 17.8. The molecule has 1 aliphatic rings. The summed E-state index contributed by atoms with van der Waals surface area (Å²) in [6.07, 6.45) is 2.52. The van der Waals surface area contributed by atoms with Gasteiger partial charge in [0.15, 0.2) is 0 Å². The van der Waals surface area contributed by atoms with Crippen LogP contribution in [0.3, 0.4) is 0 Å². The average molecular weight is 387 g/mol. The molecule has 4 rings (SSSR count). The summed E-state index contributed by atoms with van der Waals surface area (Å²) >= 11 is 0. The van der Waals surface area contributed by atoms with Crippen molar-refractivity contribution in [2.75, 3.05) is 7.11 Å². The van der Waals surface area contributed by atoms with Gasteiger partial charge in [-0.3, -0.25) is 4.79 Å². The minimum atomic E-state index is -0.581. The van der Waals surface area contributed by atoms with E-state index in [1.807, 2.05) is 79.5 Å². The summed E-state index contributed by atoms with van der Waals surface area (Å²) in [5.41, 5.74) is 3.54. The largest absolute Gasteiger partial charge is 0.497 e. The lowest BCUT2D eigenvalue weighted by molar-refractivity contribution is -0.136. The molecular formula is C24H25N3O2. The molecule has 0 radical (unpaired) electrons. The Morgan fingerprint density at radius 2 is 1.79 bits per heavy atom. The Hall–Kier alpha value is -3.21. The van der Waals surface area contributed by atoms with Crippen LogP contribution in [0.25, 0.3) is 0 Å². The van der Waals surface area contributed by atoms with Crippen LogP contribution in [-0.2, 0) is 29.7 Å². The second-order valence-corrected chi connectivity index (χ2v) is 7.94. The monoisotopic (exact) mass is 387 g/mol. The Balaban J connectivity index is 1.49. The van der Waals surface area contributed by atoms with E-state index in [1.54, 1.807) is 7.11 Å². The topological polar surface area (TPSA) is 55.3 Å². The van der Waals surface area contributed by atoms with Crippen molar-refractivity contribution < 1.29 is 9.53 Å². The van der Waals surface area contributed by atoms with Gasteiger partial charge in [0.2, 0.25) is 5.91 Å². The standard InChI is InChI=1S/C24H25N3O2/c1-24(2,19-7-5-4-6-8-19)23(28)27-15-18-14-25-22(26-21(18)16-27)13-17-9-11-20(29-3)12-10-17/h4-12,14H,13,15-16H2,1-3H3. The SMILES string of the molecule is COc1ccc(Cc2ncc3c(n2)CN(C(=O)C(C)(C)c2ccccc2)C3)cc1. The molecule has 148 valence electrons. The zero-order valence-electron chi connectivity index (χ0n) is 17.1. The van der Waals surface area contributed by atoms with Gasteiger partial charge in [-0.2, -0.15) is 0 Å². The molecule has 0 bridgehead atoms. The number of nitrogens with zero attached hydrogens (tertiary/aromatic N) is 3. The fraction of sp³-hybridized carbons (Fsp3) is 0.292. The second-order valence-electron chi connectivity index (χ2n) is 7.94. The van der Waals surface area contributed by atoms with Crippen LogP contribution in [0.2, 0.25) is 0 Å². The molecule has 29 heavy (non-hydrogen) atoms. The summed E-state index contributed by atoms with van der Waals surface area (Å²) in [6.45, 7) is 5.05. The Bertz CT molecular complexity index is 1010. The van der Waals surface area contributed by atoms with Crippen molar-refractivity contribution in [1.29, 1.82) is 0 Å². The van der Waals surface area contributed by atoms with E-state index in [2.05, 4.69) is 4.98 Å². The van der Waals surface area contributed by atoms with Gasteiger partial charge in [-0.15, -0.1) is 0 Å². The van der Waals surface area contributed by atoms with Crippen LogP contribution in [0.15, 0.2) is 60.8 Å². The van der Waals surface area contributed by atoms with Gasteiger partial charge in [0, 0.05) is 24.7 Å². The normalized spacial score (nSPS) is 13.3. The molecule has 5 heteroatoms. The van der Waals surface area contributed by atoms with Crippen molar-refractivity contribution in [2.45, 2.75) is 38.8 Å². The molecular weight excluding hydrogens is 362 g/mol. The zero-order valence-corrected chi connectivity index (χ0v) is 17.1. The van der Waals surface area contributed by atoms with E-state index in [4.69, 9.17) is 9.72 Å². The summed E-state index contributed by atoms with van der Waals surface area (Å²) in [7, 11) is 1.66. The maximum atomic E-state index is 13.2. The number of hydrogen-bond acceptors (Lipinski definition) is 4. The number of carbonyl (C=O) groups is 1. The Labute approximate surface area is 171 Å². The van der Waals surface area contributed by atoms with Crippen LogP contribution >= 0.6 is 0 Å². The molecule has 2 aromatic carbocycles. The molecule has 0 aliphatic carbocycles. The zero-order chi connectivity index (χ0) is 20.4. The van der Waals surface area contributed by atoms with Crippen molar-refractivity contribution in [2.24, 2.45) is 0 Å². The van der Waals surface area contributed by atoms with Crippen LogP contribution in [0, 0.1) is 0 Å². The first-order valence-electron chi connectivity index (χ1n) is 9.79. The number of amides is 1. The maximum absolute atomic E-state index is 13.2. The highest BCUT2D eigenvalue weighted by Gasteiger charge is 2.36. The maximum Gasteiger partial charge on any atom is 0.233 e. The third-order valence-electron chi connectivity index (χ3n) is 5.54. The Morgan fingerprint density at radius 1 is 1.07 bits per heavy atom. The van der Waals surface area contributed by atoms with Gasteiger partial charge in [-0.1, -0.05) is 42.5 Å². The van der Waals surface area contributed by atoms with Crippen molar-refractivity contribution >= 4 is 5.91 Å². The molecule has 0 saturated carbocycles. The molecule has 3 aromatic rings. The highest BCUT2D eigenvalue weighted by atomic mass is 16.5. The number of rotatable bonds is 5. The highest BCUT2D eigenvalue weighted by molar-refractivity contribution is 5.87. The van der Waals surface area contributed by atoms with E-state index >= 15 is 0 Å². The summed E-state index contributed by atoms with van der Waals surface area (Å²) in [4.78, 5) is 24.4. The minimum absolute atomic E-state index is 0.110. The summed E-state index contributed by atoms with van der Waals surface area (Å²) in [5, 5.41) is 0. The highest BCUT2D eigenvalue weighted by Crippen LogP contribution is 2.30. The third kappa shape index (κ3) is 3.86. The van der Waals surface area contributed by atoms with Crippen molar-refractivity contribution in [3.63, 3.8) is 0 Å². The van der Waals surface area contributed by atoms with Gasteiger partial charge in [-0.05, 0) is 37.1 Å². The van der Waals surface area contributed by atoms with Crippen molar-refractivity contribution in [3.05, 3.63) is 89.0 Å². The molecule has 1 aromatic heterocycles. The molecule has 0 fully saturated rings. The number of fused-ring (bicyclic) bond motifs is 1. The number of aromatic nitrogens is 2. The first kappa shape index (κ1) is 19.1. The Morgan fingerprint density at radius 3 is 2.48 bits per heavy atom. The predicted octanol–water partition coefficient (Wildman–Crippen LogP) is 3.90. The van der Waals surface area contributed by atoms with E-state index in [1.165, 1.54) is 0 Å². The van der Waals surface area contributed by atoms with E-state index in [-0.39, 0.29) is 5.91 Å². The first-order chi connectivity index (χ1) is 14.0. The molecule has 5 nitrogen and oxygen atoms in total. The van der Waals surface area contributed by atoms with Gasteiger partial charge >= 0.3 is 0 Å². The number of methoxy groups -OCH3 is 1. The average Bonchev–Trinajstić information content (AvgIpc) is 3.17. The smallest absolute Gasteiger partial charge is 0.233 e. The van der Waals surface area contributed by atoms with Gasteiger partial charge in [0.1, 0.15) is 11.6 Å². The number of carbonyl (C=O) groups excluding carboxylic acids is 1. The van der Waals surface area contributed by atoms with Crippen LogP contribution in [0.1, 0.15) is 42.1 Å². The predicted molar refractivity (Wildman–Crippen MR) is 112 cm³/mol. The summed E-state index contributed by atoms with van der Waals surface area (Å²) < 4.78 is 5.20. The minimum Gasteiger partial charge on any atom is -0.497 e. The quantitative estimate of drug-likeness (QED) is 0.666. The van der Waals surface area contributed by atoms with Crippen LogP contribution in [0.4, 0.5) is 0 Å². The van der Waals surface area contributed by atoms with E-state index in [0.717, 1.165) is 34.0 Å². The van der Waals surface area contributed by atoms with Gasteiger partial charge in [-0.25, -0.2) is 9.97 Å². The molecule has 0 N–H and O–H groups in total. The lowest BCUT2D eigenvalue weighted by Crippen LogP contribution is -2.40. The third-order valence-corrected chi connectivity index (χ3v) is 5.54. The molecule has 2 heterocycles. The fourth-order valence-electron chi connectivity index (χ4n) is 3.72. The second kappa shape index (κ2) is 7.66. The van der Waals surface area contributed by atoms with Crippen molar-refractivity contribution in [1.82, 2.24) is 14.9 Å². The van der Waals surface area contributed by atoms with E-state index in [0.29, 0.717) is 19.5 Å². The summed E-state index contributed by atoms with van der Waals surface area (Å²) in [5.74, 6) is 1.71. The fourth-order valence-corrected chi connectivity index (χ4v) is 3.72. The van der Waals surface area contributed by atoms with Crippen LogP contribution < -0.4 is 4.74 Å². The Kier molecular flexibility index (Phi) is 5.05. The van der Waals surface area contributed by atoms with E-state index < -0.39 is 5.41 Å². The molecule has 0 saturated heterocycles. The number of ether oxygens (including phenoxy) is 1. The molecule has 0 unspecified atom stereocenters. The van der Waals surface area contributed by atoms with Gasteiger partial charge in [0.05, 0.1) is 24.8 Å². The lowest BCUT2D eigenvalue weighted by atomic mass is 9.83. The number of benzene rings is 2. The molecule has 1 aliphatic heterocycles. The lowest BCUT2D eigenvalue weighted by Gasteiger charge is -2.29. The van der Waals surface area contributed by atoms with Crippen LogP contribution in [0.5, 0.6) is 5.75 Å². The van der Waals surface area contributed by atoms with Crippen molar-refractivity contribution in [3.8, 4) is 5.75 Å². The first-order valence-corrected chi connectivity index (χ1v) is 9.79. The van der Waals surface area contributed by atoms with Gasteiger partial charge < -0.3 is 9.64 Å². The molecule has 0 spiro atoms. The molecule has 1 amide bonds. The van der Waals surface area contributed by atoms with Gasteiger partial charge in [0.25, 0.3) is 0 Å². The number of hydrogen-bond donors (Lipinski definition) is 0.